The molecule has 2 heterocycles. The smallest absolute Gasteiger partial charge is 0.338 e. The van der Waals surface area contributed by atoms with Crippen molar-refractivity contribution in [1.29, 1.82) is 0 Å². The highest BCUT2D eigenvalue weighted by Gasteiger charge is 2.43. The van der Waals surface area contributed by atoms with Crippen LogP contribution in [0.15, 0.2) is 103 Å². The Hall–Kier alpha value is -4.88. The van der Waals surface area contributed by atoms with Crippen LogP contribution in [0.1, 0.15) is 38.3 Å². The third kappa shape index (κ3) is 5.44. The van der Waals surface area contributed by atoms with E-state index >= 15 is 0 Å². The second-order valence-corrected chi connectivity index (χ2v) is 10.3. The SMILES string of the molecule is O=C(COC(=O)c1ccc(N2C(=O)CC(N3CCc4ccccc4C3)C2=O)cc1)c1ccc(-c2ccccc2)cc1. The Morgan fingerprint density at radius 2 is 1.37 bits per heavy atom. The lowest BCUT2D eigenvalue weighted by Crippen LogP contribution is -2.44. The molecular weight excluding hydrogens is 516 g/mol. The van der Waals surface area contributed by atoms with Crippen LogP contribution in [-0.4, -0.2) is 47.7 Å². The van der Waals surface area contributed by atoms with Crippen molar-refractivity contribution in [3.63, 3.8) is 0 Å². The molecule has 0 radical (unpaired) electrons. The van der Waals surface area contributed by atoms with E-state index in [0.717, 1.165) is 24.1 Å². The lowest BCUT2D eigenvalue weighted by atomic mass is 9.98. The maximum Gasteiger partial charge on any atom is 0.338 e. The zero-order valence-electron chi connectivity index (χ0n) is 22.4. The van der Waals surface area contributed by atoms with E-state index in [1.807, 2.05) is 54.6 Å². The molecule has 2 aliphatic rings. The number of carbonyl (C=O) groups is 4. The van der Waals surface area contributed by atoms with E-state index in [0.29, 0.717) is 17.8 Å². The van der Waals surface area contributed by atoms with E-state index in [1.165, 1.54) is 28.2 Å². The first-order valence-corrected chi connectivity index (χ1v) is 13.6. The quantitative estimate of drug-likeness (QED) is 0.183. The van der Waals surface area contributed by atoms with Crippen LogP contribution in [0, 0.1) is 0 Å². The first kappa shape index (κ1) is 26.3. The zero-order chi connectivity index (χ0) is 28.3. The standard InChI is InChI=1S/C34H28N2O5/c37-31(26-12-10-25(11-13-26)23-6-2-1-3-7-23)22-41-34(40)27-14-16-29(17-15-27)36-32(38)20-30(33(36)39)35-19-18-24-8-4-5-9-28(24)21-35/h1-17,30H,18-22H2. The molecule has 4 aromatic carbocycles. The number of benzene rings is 4. The predicted octanol–water partition coefficient (Wildman–Crippen LogP) is 5.08. The van der Waals surface area contributed by atoms with Crippen LogP contribution < -0.4 is 4.90 Å². The van der Waals surface area contributed by atoms with Crippen LogP contribution in [0.3, 0.4) is 0 Å². The number of fused-ring (bicyclic) bond motifs is 1. The summed E-state index contributed by atoms with van der Waals surface area (Å²) in [4.78, 5) is 54.6. The fraction of sp³-hybridized carbons (Fsp3) is 0.176. The summed E-state index contributed by atoms with van der Waals surface area (Å²) in [6, 6.07) is 30.8. The van der Waals surface area contributed by atoms with Crippen molar-refractivity contribution in [3.8, 4) is 11.1 Å². The third-order valence-electron chi connectivity index (χ3n) is 7.73. The molecule has 204 valence electrons. The highest BCUT2D eigenvalue weighted by atomic mass is 16.5. The molecule has 1 unspecified atom stereocenters. The Labute approximate surface area is 238 Å². The molecule has 1 saturated heterocycles. The van der Waals surface area contributed by atoms with Gasteiger partial charge in [-0.05, 0) is 52.9 Å². The summed E-state index contributed by atoms with van der Waals surface area (Å²) in [6.07, 6.45) is 0.964. The van der Waals surface area contributed by atoms with Crippen LogP contribution >= 0.6 is 0 Å². The van der Waals surface area contributed by atoms with E-state index in [1.54, 1.807) is 24.3 Å². The molecule has 1 atom stereocenters. The molecule has 0 aromatic heterocycles. The fourth-order valence-corrected chi connectivity index (χ4v) is 5.48. The minimum absolute atomic E-state index is 0.124. The number of hydrogen-bond acceptors (Lipinski definition) is 6. The van der Waals surface area contributed by atoms with Crippen molar-refractivity contribution in [2.75, 3.05) is 18.1 Å². The van der Waals surface area contributed by atoms with Crippen LogP contribution in [-0.2, 0) is 27.3 Å². The highest BCUT2D eigenvalue weighted by Crippen LogP contribution is 2.29. The normalized spacial score (nSPS) is 16.9. The molecule has 0 spiro atoms. The number of ether oxygens (including phenoxy) is 1. The van der Waals surface area contributed by atoms with Gasteiger partial charge in [0.05, 0.1) is 23.7 Å². The summed E-state index contributed by atoms with van der Waals surface area (Å²) in [5.74, 6) is -1.49. The molecule has 2 aliphatic heterocycles. The molecule has 41 heavy (non-hydrogen) atoms. The van der Waals surface area contributed by atoms with Gasteiger partial charge in [0.25, 0.3) is 5.91 Å². The molecule has 0 N–H and O–H groups in total. The van der Waals surface area contributed by atoms with Crippen molar-refractivity contribution in [1.82, 2.24) is 4.90 Å². The molecule has 0 aliphatic carbocycles. The number of rotatable bonds is 7. The average Bonchev–Trinajstić information content (AvgIpc) is 3.33. The van der Waals surface area contributed by atoms with Gasteiger partial charge in [0.2, 0.25) is 5.91 Å². The van der Waals surface area contributed by atoms with Gasteiger partial charge in [-0.1, -0.05) is 78.9 Å². The van der Waals surface area contributed by atoms with Crippen LogP contribution in [0.25, 0.3) is 11.1 Å². The molecule has 1 fully saturated rings. The largest absolute Gasteiger partial charge is 0.454 e. The van der Waals surface area contributed by atoms with E-state index in [-0.39, 0.29) is 29.6 Å². The minimum Gasteiger partial charge on any atom is -0.454 e. The first-order chi connectivity index (χ1) is 20.0. The van der Waals surface area contributed by atoms with Gasteiger partial charge in [0.1, 0.15) is 0 Å². The fourth-order valence-electron chi connectivity index (χ4n) is 5.48. The summed E-state index contributed by atoms with van der Waals surface area (Å²) in [5.41, 5.74) is 5.58. The number of hydrogen-bond donors (Lipinski definition) is 0. The molecule has 6 rings (SSSR count). The van der Waals surface area contributed by atoms with E-state index in [4.69, 9.17) is 4.74 Å². The topological polar surface area (TPSA) is 84.0 Å². The predicted molar refractivity (Wildman–Crippen MR) is 154 cm³/mol. The maximum absolute atomic E-state index is 13.3. The summed E-state index contributed by atoms with van der Waals surface area (Å²) in [7, 11) is 0. The number of Topliss-reactive ketones (excluding diaryl/α,β-unsaturated/α-hetero) is 1. The number of amides is 2. The number of anilines is 1. The number of ketones is 1. The molecule has 0 saturated carbocycles. The lowest BCUT2D eigenvalue weighted by molar-refractivity contribution is -0.123. The Morgan fingerprint density at radius 3 is 2.10 bits per heavy atom. The molecular formula is C34H28N2O5. The number of carbonyl (C=O) groups excluding carboxylic acids is 4. The van der Waals surface area contributed by atoms with Gasteiger partial charge in [0.15, 0.2) is 12.4 Å². The van der Waals surface area contributed by atoms with Crippen molar-refractivity contribution in [2.24, 2.45) is 0 Å². The van der Waals surface area contributed by atoms with Gasteiger partial charge in [0, 0.05) is 18.7 Å². The number of esters is 1. The Morgan fingerprint density at radius 1 is 0.732 bits per heavy atom. The van der Waals surface area contributed by atoms with Crippen LogP contribution in [0.5, 0.6) is 0 Å². The van der Waals surface area contributed by atoms with Gasteiger partial charge in [-0.2, -0.15) is 0 Å². The van der Waals surface area contributed by atoms with Crippen molar-refractivity contribution in [3.05, 3.63) is 125 Å². The van der Waals surface area contributed by atoms with Crippen LogP contribution in [0.2, 0.25) is 0 Å². The highest BCUT2D eigenvalue weighted by molar-refractivity contribution is 6.22. The van der Waals surface area contributed by atoms with Gasteiger partial charge in [-0.25, -0.2) is 9.69 Å². The Kier molecular flexibility index (Phi) is 7.27. The van der Waals surface area contributed by atoms with E-state index < -0.39 is 18.6 Å². The van der Waals surface area contributed by atoms with Gasteiger partial charge < -0.3 is 4.74 Å². The maximum atomic E-state index is 13.3. The van der Waals surface area contributed by atoms with Crippen molar-refractivity contribution in [2.45, 2.75) is 25.4 Å². The van der Waals surface area contributed by atoms with Gasteiger partial charge >= 0.3 is 5.97 Å². The van der Waals surface area contributed by atoms with Crippen molar-refractivity contribution < 1.29 is 23.9 Å². The van der Waals surface area contributed by atoms with E-state index in [9.17, 15) is 19.2 Å². The Balaban J connectivity index is 1.06. The first-order valence-electron chi connectivity index (χ1n) is 13.6. The van der Waals surface area contributed by atoms with Crippen molar-refractivity contribution >= 4 is 29.3 Å². The second kappa shape index (κ2) is 11.3. The number of nitrogens with zero attached hydrogens (tertiary/aromatic N) is 2. The molecule has 0 bridgehead atoms. The third-order valence-corrected chi connectivity index (χ3v) is 7.73. The molecule has 7 heteroatoms. The van der Waals surface area contributed by atoms with Gasteiger partial charge in [-0.3, -0.25) is 19.3 Å². The zero-order valence-corrected chi connectivity index (χ0v) is 22.4. The molecule has 7 nitrogen and oxygen atoms in total. The monoisotopic (exact) mass is 544 g/mol. The average molecular weight is 545 g/mol. The van der Waals surface area contributed by atoms with Crippen LogP contribution in [0.4, 0.5) is 5.69 Å². The summed E-state index contributed by atoms with van der Waals surface area (Å²) in [5, 5.41) is 0. The summed E-state index contributed by atoms with van der Waals surface area (Å²) >= 11 is 0. The lowest BCUT2D eigenvalue weighted by Gasteiger charge is -2.32. The molecule has 2 amide bonds. The number of imide groups is 1. The summed E-state index contributed by atoms with van der Waals surface area (Å²) < 4.78 is 5.25. The summed E-state index contributed by atoms with van der Waals surface area (Å²) in [6.45, 7) is 0.957. The molecule has 4 aromatic rings. The minimum atomic E-state index is -0.658. The van der Waals surface area contributed by atoms with Gasteiger partial charge in [-0.15, -0.1) is 0 Å². The van der Waals surface area contributed by atoms with E-state index in [2.05, 4.69) is 17.0 Å². The Bertz CT molecular complexity index is 1610. The second-order valence-electron chi connectivity index (χ2n) is 10.3.